The molecule has 1 heterocycles. The fraction of sp³-hybridized carbons (Fsp3) is 0.381. The van der Waals surface area contributed by atoms with Gasteiger partial charge in [-0.05, 0) is 62.4 Å². The average molecular weight is 392 g/mol. The molecule has 0 aliphatic carbocycles. The van der Waals surface area contributed by atoms with E-state index in [0.717, 1.165) is 48.3 Å². The summed E-state index contributed by atoms with van der Waals surface area (Å²) < 4.78 is 0. The molecule has 26 heavy (non-hydrogen) atoms. The maximum atomic E-state index is 13.3. The molecule has 1 aliphatic heterocycles. The minimum atomic E-state index is -0.334. The summed E-state index contributed by atoms with van der Waals surface area (Å²) >= 11 is 12.5. The van der Waals surface area contributed by atoms with Crippen LogP contribution in [-0.2, 0) is 4.79 Å². The number of carbonyl (C=O) groups is 1. The molecule has 3 rings (SSSR count). The lowest BCUT2D eigenvalue weighted by molar-refractivity contribution is -0.926. The van der Waals surface area contributed by atoms with Gasteiger partial charge in [-0.1, -0.05) is 41.4 Å². The molecule has 1 fully saturated rings. The average Bonchev–Trinajstić information content (AvgIpc) is 2.61. The number of hydrogen-bond donors (Lipinski definition) is 2. The van der Waals surface area contributed by atoms with Gasteiger partial charge in [-0.25, -0.2) is 0 Å². The van der Waals surface area contributed by atoms with Gasteiger partial charge in [-0.15, -0.1) is 0 Å². The van der Waals surface area contributed by atoms with Crippen LogP contribution in [-0.4, -0.2) is 19.0 Å². The molecule has 0 bridgehead atoms. The number of carbonyl (C=O) groups excluding carboxylic acids is 1. The molecule has 0 spiro atoms. The van der Waals surface area contributed by atoms with Gasteiger partial charge in [0, 0.05) is 16.3 Å². The van der Waals surface area contributed by atoms with Crippen LogP contribution in [0.2, 0.25) is 10.0 Å². The van der Waals surface area contributed by atoms with Gasteiger partial charge >= 0.3 is 0 Å². The molecule has 1 amide bonds. The predicted octanol–water partition coefficient (Wildman–Crippen LogP) is 4.36. The number of nitrogens with one attached hydrogen (secondary N) is 2. The number of benzene rings is 2. The highest BCUT2D eigenvalue weighted by Gasteiger charge is 2.34. The van der Waals surface area contributed by atoms with Crippen LogP contribution >= 0.6 is 23.2 Å². The second-order valence-electron chi connectivity index (χ2n) is 7.07. The van der Waals surface area contributed by atoms with Crippen molar-refractivity contribution in [1.29, 1.82) is 0 Å². The van der Waals surface area contributed by atoms with Crippen LogP contribution in [0.4, 0.5) is 5.69 Å². The van der Waals surface area contributed by atoms with Crippen molar-refractivity contribution in [1.82, 2.24) is 0 Å². The van der Waals surface area contributed by atoms with Crippen LogP contribution in [0.3, 0.4) is 0 Å². The van der Waals surface area contributed by atoms with Crippen LogP contribution in [0.1, 0.15) is 42.0 Å². The van der Waals surface area contributed by atoms with Gasteiger partial charge in [-0.2, -0.15) is 0 Å². The molecule has 5 heteroatoms. The molecule has 0 radical (unpaired) electrons. The topological polar surface area (TPSA) is 33.5 Å². The second kappa shape index (κ2) is 8.43. The summed E-state index contributed by atoms with van der Waals surface area (Å²) in [5.41, 5.74) is 3.86. The standard InChI is InChI=1S/C21H24Cl2N2O/c1-14-7-6-8-15(2)19(14)24-21(26)20(25-11-4-3-5-12-25)17-10-9-16(22)13-18(17)23/h6-10,13,20H,3-5,11-12H2,1-2H3,(H,24,26)/p+1/t20-/m1/s1. The molecular weight excluding hydrogens is 367 g/mol. The Kier molecular flexibility index (Phi) is 6.23. The monoisotopic (exact) mass is 391 g/mol. The van der Waals surface area contributed by atoms with E-state index in [1.54, 1.807) is 6.07 Å². The highest BCUT2D eigenvalue weighted by atomic mass is 35.5. The Morgan fingerprint density at radius 2 is 1.69 bits per heavy atom. The number of rotatable bonds is 4. The zero-order valence-electron chi connectivity index (χ0n) is 15.2. The van der Waals surface area contributed by atoms with Crippen molar-refractivity contribution in [2.75, 3.05) is 18.4 Å². The number of anilines is 1. The van der Waals surface area contributed by atoms with Crippen molar-refractivity contribution in [2.45, 2.75) is 39.2 Å². The fourth-order valence-electron chi connectivity index (χ4n) is 3.78. The Morgan fingerprint density at radius 1 is 1.04 bits per heavy atom. The first-order valence-corrected chi connectivity index (χ1v) is 9.89. The van der Waals surface area contributed by atoms with Crippen molar-refractivity contribution >= 4 is 34.8 Å². The molecule has 1 atom stereocenters. The second-order valence-corrected chi connectivity index (χ2v) is 7.92. The van der Waals surface area contributed by atoms with Crippen molar-refractivity contribution in [2.24, 2.45) is 0 Å². The van der Waals surface area contributed by atoms with Gasteiger partial charge in [0.15, 0.2) is 6.04 Å². The molecule has 2 N–H and O–H groups in total. The molecule has 1 saturated heterocycles. The lowest BCUT2D eigenvalue weighted by atomic mass is 10.00. The first-order valence-electron chi connectivity index (χ1n) is 9.14. The van der Waals surface area contributed by atoms with Crippen LogP contribution < -0.4 is 10.2 Å². The number of halogens is 2. The van der Waals surface area contributed by atoms with Crippen LogP contribution in [0, 0.1) is 13.8 Å². The fourth-order valence-corrected chi connectivity index (χ4v) is 4.30. The van der Waals surface area contributed by atoms with E-state index in [0.29, 0.717) is 10.0 Å². The van der Waals surface area contributed by atoms with Gasteiger partial charge in [0.2, 0.25) is 0 Å². The number of piperidine rings is 1. The first kappa shape index (κ1) is 19.2. The predicted molar refractivity (Wildman–Crippen MR) is 108 cm³/mol. The molecule has 2 aromatic rings. The normalized spacial score (nSPS) is 16.3. The SMILES string of the molecule is Cc1cccc(C)c1NC(=O)[C@@H](c1ccc(Cl)cc1Cl)[NH+]1CCCCC1. The van der Waals surface area contributed by atoms with Crippen LogP contribution in [0.5, 0.6) is 0 Å². The van der Waals surface area contributed by atoms with E-state index in [1.807, 2.05) is 44.2 Å². The lowest BCUT2D eigenvalue weighted by Gasteiger charge is -2.31. The van der Waals surface area contributed by atoms with E-state index in [4.69, 9.17) is 23.2 Å². The molecule has 0 saturated carbocycles. The highest BCUT2D eigenvalue weighted by Crippen LogP contribution is 2.27. The molecule has 0 unspecified atom stereocenters. The third-order valence-electron chi connectivity index (χ3n) is 5.17. The summed E-state index contributed by atoms with van der Waals surface area (Å²) in [6.45, 7) is 5.98. The smallest absolute Gasteiger partial charge is 0.287 e. The van der Waals surface area contributed by atoms with E-state index in [9.17, 15) is 4.79 Å². The number of para-hydroxylation sites is 1. The molecular formula is C21H25Cl2N2O+. The molecule has 138 valence electrons. The highest BCUT2D eigenvalue weighted by molar-refractivity contribution is 6.35. The summed E-state index contributed by atoms with van der Waals surface area (Å²) in [4.78, 5) is 14.6. The zero-order valence-corrected chi connectivity index (χ0v) is 16.8. The number of amides is 1. The third kappa shape index (κ3) is 4.22. The van der Waals surface area contributed by atoms with E-state index in [1.165, 1.54) is 11.3 Å². The molecule has 0 aromatic heterocycles. The Bertz CT molecular complexity index is 780. The molecule has 1 aliphatic rings. The lowest BCUT2D eigenvalue weighted by Crippen LogP contribution is -3.14. The zero-order chi connectivity index (χ0) is 18.7. The van der Waals surface area contributed by atoms with Crippen LogP contribution in [0.15, 0.2) is 36.4 Å². The van der Waals surface area contributed by atoms with E-state index < -0.39 is 0 Å². The summed E-state index contributed by atoms with van der Waals surface area (Å²) in [5, 5.41) is 4.30. The summed E-state index contributed by atoms with van der Waals surface area (Å²) in [6, 6.07) is 11.1. The summed E-state index contributed by atoms with van der Waals surface area (Å²) in [6.07, 6.45) is 3.49. The minimum absolute atomic E-state index is 0.0106. The summed E-state index contributed by atoms with van der Waals surface area (Å²) in [5.74, 6) is -0.0106. The third-order valence-corrected chi connectivity index (χ3v) is 5.73. The summed E-state index contributed by atoms with van der Waals surface area (Å²) in [7, 11) is 0. The largest absolute Gasteiger partial charge is 0.321 e. The van der Waals surface area contributed by atoms with Gasteiger partial charge in [-0.3, -0.25) is 4.79 Å². The Labute approximate surface area is 165 Å². The maximum Gasteiger partial charge on any atom is 0.287 e. The minimum Gasteiger partial charge on any atom is -0.321 e. The number of aryl methyl sites for hydroxylation is 2. The number of hydrogen-bond acceptors (Lipinski definition) is 1. The van der Waals surface area contributed by atoms with E-state index in [-0.39, 0.29) is 11.9 Å². The van der Waals surface area contributed by atoms with Crippen LogP contribution in [0.25, 0.3) is 0 Å². The Balaban J connectivity index is 1.95. The van der Waals surface area contributed by atoms with Gasteiger partial charge in [0.1, 0.15) is 0 Å². The molecule has 3 nitrogen and oxygen atoms in total. The van der Waals surface area contributed by atoms with Crippen molar-refractivity contribution in [3.63, 3.8) is 0 Å². The van der Waals surface area contributed by atoms with E-state index in [2.05, 4.69) is 5.32 Å². The van der Waals surface area contributed by atoms with Gasteiger partial charge < -0.3 is 10.2 Å². The van der Waals surface area contributed by atoms with Crippen molar-refractivity contribution in [3.8, 4) is 0 Å². The Hall–Kier alpha value is -1.55. The van der Waals surface area contributed by atoms with E-state index >= 15 is 0 Å². The first-order chi connectivity index (χ1) is 12.5. The Morgan fingerprint density at radius 3 is 2.31 bits per heavy atom. The van der Waals surface area contributed by atoms with Crippen molar-refractivity contribution in [3.05, 3.63) is 63.1 Å². The number of quaternary nitrogens is 1. The maximum absolute atomic E-state index is 13.3. The van der Waals surface area contributed by atoms with Gasteiger partial charge in [0.25, 0.3) is 5.91 Å². The quantitative estimate of drug-likeness (QED) is 0.797. The number of likely N-dealkylation sites (tertiary alicyclic amines) is 1. The molecule has 2 aromatic carbocycles. The van der Waals surface area contributed by atoms with Crippen molar-refractivity contribution < 1.29 is 9.69 Å². The van der Waals surface area contributed by atoms with Gasteiger partial charge in [0.05, 0.1) is 18.1 Å².